The Hall–Kier alpha value is -2.52. The van der Waals surface area contributed by atoms with Gasteiger partial charge in [-0.25, -0.2) is 34.4 Å². The normalized spacial score (nSPS) is 8.94. The second kappa shape index (κ2) is 24.2. The van der Waals surface area contributed by atoms with E-state index < -0.39 is 29.6 Å². The van der Waals surface area contributed by atoms with Crippen molar-refractivity contribution in [2.45, 2.75) is 60.0 Å². The van der Waals surface area contributed by atoms with Crippen LogP contribution in [0.5, 0.6) is 0 Å². The van der Waals surface area contributed by atoms with Crippen molar-refractivity contribution in [2.24, 2.45) is 5.84 Å². The third-order valence-electron chi connectivity index (χ3n) is 2.69. The maximum atomic E-state index is 12.5. The van der Waals surface area contributed by atoms with Gasteiger partial charge in [0, 0.05) is 39.4 Å². The standard InChI is InChI=1S/C10H11FO2.C5H12N2O2.C4H6O4.C2H3BO2.Na/c11-9-5-3-8(4-6-9)10(13)2-1-7-12;1-5(2,3)9-4(8)7-6;1-3(5)7-8-4(2)6;1-2(4)5-3;/h3-6,12H,1-2,7H2;6H2,1-3H3,(H,7,8);1-2H3;1H3;/q;;;-1;+1. The number of benzene rings is 1. The zero-order chi connectivity index (χ0) is 28.0. The molecule has 1 aromatic rings. The van der Waals surface area contributed by atoms with Crippen LogP contribution in [0.1, 0.15) is 64.7 Å². The molecule has 0 aliphatic carbocycles. The van der Waals surface area contributed by atoms with Gasteiger partial charge >= 0.3 is 47.6 Å². The molecule has 0 saturated heterocycles. The van der Waals surface area contributed by atoms with E-state index in [1.165, 1.54) is 31.2 Å². The van der Waals surface area contributed by atoms with E-state index in [9.17, 15) is 28.4 Å². The summed E-state index contributed by atoms with van der Waals surface area (Å²) in [5.74, 6) is 2.60. The van der Waals surface area contributed by atoms with Crippen molar-refractivity contribution in [3.63, 3.8) is 0 Å². The molecule has 0 fully saturated rings. The number of Topliss-reactive ketones (excluding diaryl/α,β-unsaturated/α-hetero) is 1. The zero-order valence-electron chi connectivity index (χ0n) is 21.6. The molecule has 0 aromatic heterocycles. The first-order valence-corrected chi connectivity index (χ1v) is 9.91. The number of hydrogen-bond acceptors (Lipinski definition) is 11. The van der Waals surface area contributed by atoms with Crippen molar-refractivity contribution >= 4 is 37.8 Å². The number of carbonyl (C=O) groups excluding carboxylic acids is 5. The fourth-order valence-electron chi connectivity index (χ4n) is 1.44. The van der Waals surface area contributed by atoms with Crippen LogP contribution in [0.25, 0.3) is 0 Å². The molecule has 197 valence electrons. The Balaban J connectivity index is -0.000000198. The molecule has 36 heavy (non-hydrogen) atoms. The average molecular weight is 525 g/mol. The fraction of sp³-hybridized carbons (Fsp3) is 0.476. The van der Waals surface area contributed by atoms with Crippen LogP contribution in [0.15, 0.2) is 24.3 Å². The molecule has 0 aliphatic heterocycles. The molecule has 0 spiro atoms. The van der Waals surface area contributed by atoms with Crippen LogP contribution in [0.4, 0.5) is 9.18 Å². The molecule has 0 unspecified atom stereocenters. The average Bonchev–Trinajstić information content (AvgIpc) is 2.76. The van der Waals surface area contributed by atoms with Gasteiger partial charge in [0.25, 0.3) is 0 Å². The smallest absolute Gasteiger partial charge is 0.793 e. The summed E-state index contributed by atoms with van der Waals surface area (Å²) in [4.78, 5) is 58.4. The Labute approximate surface area is 233 Å². The number of aliphatic hydroxyl groups excluding tert-OH is 1. The van der Waals surface area contributed by atoms with Crippen LogP contribution < -0.4 is 40.8 Å². The van der Waals surface area contributed by atoms with E-state index in [0.29, 0.717) is 18.4 Å². The van der Waals surface area contributed by atoms with Crippen LogP contribution in [-0.4, -0.2) is 55.1 Å². The van der Waals surface area contributed by atoms with Gasteiger partial charge in [0.05, 0.1) is 0 Å². The van der Waals surface area contributed by atoms with E-state index >= 15 is 0 Å². The van der Waals surface area contributed by atoms with Crippen LogP contribution in [0.2, 0.25) is 0 Å². The predicted molar refractivity (Wildman–Crippen MR) is 122 cm³/mol. The number of carbonyl (C=O) groups is 5. The molecule has 0 saturated carbocycles. The minimum absolute atomic E-state index is 0. The van der Waals surface area contributed by atoms with E-state index in [1.54, 1.807) is 20.8 Å². The molecule has 0 aliphatic rings. The quantitative estimate of drug-likeness (QED) is 0.108. The molecule has 15 heteroatoms. The van der Waals surface area contributed by atoms with Crippen molar-refractivity contribution in [1.82, 2.24) is 5.43 Å². The first-order valence-electron chi connectivity index (χ1n) is 9.91. The van der Waals surface area contributed by atoms with Gasteiger partial charge in [-0.05, 0) is 51.5 Å². The molecule has 3 radical (unpaired) electrons. The number of hydrazine groups is 1. The van der Waals surface area contributed by atoms with Crippen LogP contribution in [0, 0.1) is 5.82 Å². The molecule has 1 amide bonds. The number of hydrogen-bond donors (Lipinski definition) is 3. The molecule has 0 atom stereocenters. The molecule has 0 bridgehead atoms. The van der Waals surface area contributed by atoms with Gasteiger partial charge in [0.1, 0.15) is 11.4 Å². The largest absolute Gasteiger partial charge is 1.00 e. The van der Waals surface area contributed by atoms with E-state index in [2.05, 4.69) is 22.5 Å². The minimum atomic E-state index is -0.639. The molecule has 1 aromatic carbocycles. The topological polar surface area (TPSA) is 181 Å². The summed E-state index contributed by atoms with van der Waals surface area (Å²) in [6, 6.07) is 5.42. The first kappa shape index (κ1) is 40.6. The summed E-state index contributed by atoms with van der Waals surface area (Å²) >= 11 is 0. The summed E-state index contributed by atoms with van der Waals surface area (Å²) in [5, 5.41) is 8.49. The number of nitrogens with one attached hydrogen (secondary N) is 1. The molecule has 4 N–H and O–H groups in total. The van der Waals surface area contributed by atoms with Crippen LogP contribution >= 0.6 is 0 Å². The third-order valence-corrected chi connectivity index (χ3v) is 2.69. The van der Waals surface area contributed by atoms with Crippen molar-refractivity contribution in [1.29, 1.82) is 0 Å². The minimum Gasteiger partial charge on any atom is -0.793 e. The number of aliphatic hydroxyl groups is 1. The Morgan fingerprint density at radius 2 is 1.39 bits per heavy atom. The Morgan fingerprint density at radius 1 is 0.972 bits per heavy atom. The Bertz CT molecular complexity index is 776. The number of nitrogens with two attached hydrogens (primary N) is 1. The molecular weight excluding hydrogens is 493 g/mol. The third kappa shape index (κ3) is 33.7. The maximum absolute atomic E-state index is 12.5. The summed E-state index contributed by atoms with van der Waals surface area (Å²) < 4.78 is 20.8. The molecule has 12 nitrogen and oxygen atoms in total. The van der Waals surface area contributed by atoms with Crippen molar-refractivity contribution < 1.29 is 82.2 Å². The van der Waals surface area contributed by atoms with E-state index in [4.69, 9.17) is 15.7 Å². The summed E-state index contributed by atoms with van der Waals surface area (Å²) in [6.45, 7) is 8.82. The molecule has 0 heterocycles. The van der Waals surface area contributed by atoms with Crippen molar-refractivity contribution in [2.75, 3.05) is 6.61 Å². The summed E-state index contributed by atoms with van der Waals surface area (Å²) in [7, 11) is 4.32. The van der Waals surface area contributed by atoms with Crippen molar-refractivity contribution in [3.05, 3.63) is 35.6 Å². The van der Waals surface area contributed by atoms with E-state index in [-0.39, 0.29) is 47.8 Å². The van der Waals surface area contributed by atoms with Gasteiger partial charge in [0.2, 0.25) is 5.97 Å². The van der Waals surface area contributed by atoms with Crippen LogP contribution in [0.3, 0.4) is 0 Å². The summed E-state index contributed by atoms with van der Waals surface area (Å²) in [6.07, 6.45) is 0.153. The van der Waals surface area contributed by atoms with Gasteiger partial charge in [0.15, 0.2) is 5.78 Å². The summed E-state index contributed by atoms with van der Waals surface area (Å²) in [5.41, 5.74) is 1.89. The maximum Gasteiger partial charge on any atom is 1.00 e. The van der Waals surface area contributed by atoms with Gasteiger partial charge in [-0.2, -0.15) is 0 Å². The number of ether oxygens (including phenoxy) is 1. The first-order chi connectivity index (χ1) is 16.1. The predicted octanol–water partition coefficient (Wildman–Crippen LogP) is -1.17. The Morgan fingerprint density at radius 3 is 1.64 bits per heavy atom. The molecular formula is C21H32BFN2NaO10. The zero-order valence-corrected chi connectivity index (χ0v) is 23.6. The van der Waals surface area contributed by atoms with Crippen molar-refractivity contribution in [3.8, 4) is 0 Å². The van der Waals surface area contributed by atoms with Gasteiger partial charge in [-0.1, -0.05) is 0 Å². The number of rotatable bonds is 4. The number of amides is 1. The fourth-order valence-corrected chi connectivity index (χ4v) is 1.44. The number of halogens is 1. The second-order valence-electron chi connectivity index (χ2n) is 7.16. The number of ketones is 1. The van der Waals surface area contributed by atoms with Crippen LogP contribution in [-0.2, 0) is 33.5 Å². The van der Waals surface area contributed by atoms with E-state index in [1.807, 2.05) is 5.43 Å². The SMILES string of the molecule is CC(=O)OOC(C)=O.CC(C)(C)OC(=O)NN.O=C(CCCO)c1ccc(F)cc1.[B-]OC(C)=O.[Na+]. The van der Waals surface area contributed by atoms with Gasteiger partial charge in [-0.3, -0.25) is 15.0 Å². The van der Waals surface area contributed by atoms with Gasteiger partial charge < -0.3 is 22.5 Å². The monoisotopic (exact) mass is 525 g/mol. The Kier molecular flexibility index (Phi) is 27.3. The second-order valence-corrected chi connectivity index (χ2v) is 7.16. The van der Waals surface area contributed by atoms with E-state index in [0.717, 1.165) is 13.8 Å². The van der Waals surface area contributed by atoms with Gasteiger partial charge in [-0.15, -0.1) is 0 Å². The molecule has 1 rings (SSSR count).